The molecule has 8 heteroatoms. The highest BCUT2D eigenvalue weighted by molar-refractivity contribution is 7.92. The smallest absolute Gasteiger partial charge is 0.261 e. The average molecular weight is 355 g/mol. The van der Waals surface area contributed by atoms with E-state index in [2.05, 4.69) is 10.0 Å². The zero-order chi connectivity index (χ0) is 16.6. The molecule has 2 aromatic rings. The molecule has 0 spiro atoms. The number of benzene rings is 2. The van der Waals surface area contributed by atoms with E-state index in [-0.39, 0.29) is 21.5 Å². The first kappa shape index (κ1) is 15.8. The normalized spacial score (nSPS) is 14.1. The molecule has 2 N–H and O–H groups in total. The molecule has 0 saturated heterocycles. The fourth-order valence-corrected chi connectivity index (χ4v) is 3.65. The average Bonchev–Trinajstić information content (AvgIpc) is 2.50. The van der Waals surface area contributed by atoms with Crippen LogP contribution in [0.25, 0.3) is 0 Å². The number of carbonyl (C=O) groups is 1. The van der Waals surface area contributed by atoms with Crippen LogP contribution in [-0.4, -0.2) is 20.9 Å². The summed E-state index contributed by atoms with van der Waals surface area (Å²) in [5.41, 5.74) is 1.55. The van der Waals surface area contributed by atoms with Crippen molar-refractivity contribution in [3.63, 3.8) is 0 Å². The van der Waals surface area contributed by atoms with Crippen LogP contribution in [0.3, 0.4) is 0 Å². The second-order valence-corrected chi connectivity index (χ2v) is 7.15. The molecule has 0 radical (unpaired) electrons. The molecule has 0 aromatic heterocycles. The van der Waals surface area contributed by atoms with Gasteiger partial charge in [0.2, 0.25) is 0 Å². The van der Waals surface area contributed by atoms with Crippen LogP contribution in [0.4, 0.5) is 10.1 Å². The van der Waals surface area contributed by atoms with Gasteiger partial charge in [0.25, 0.3) is 15.9 Å². The van der Waals surface area contributed by atoms with Gasteiger partial charge >= 0.3 is 0 Å². The van der Waals surface area contributed by atoms with Crippen molar-refractivity contribution < 1.29 is 17.6 Å². The summed E-state index contributed by atoms with van der Waals surface area (Å²) >= 11 is 5.62. The zero-order valence-electron chi connectivity index (χ0n) is 11.8. The van der Waals surface area contributed by atoms with E-state index < -0.39 is 15.8 Å². The standard InChI is InChI=1S/C15H12ClFN2O3S/c16-13-8-11(3-4-14(13)17)23(21,22)19-10-2-1-9-5-6-18-15(20)12(9)7-10/h1-4,7-8,19H,5-6H2,(H,18,20). The topological polar surface area (TPSA) is 75.3 Å². The van der Waals surface area contributed by atoms with Crippen molar-refractivity contribution >= 4 is 33.2 Å². The summed E-state index contributed by atoms with van der Waals surface area (Å²) < 4.78 is 40.2. The molecule has 3 rings (SSSR count). The summed E-state index contributed by atoms with van der Waals surface area (Å²) in [5.74, 6) is -0.937. The number of carbonyl (C=O) groups excluding carboxylic acids is 1. The van der Waals surface area contributed by atoms with Crippen molar-refractivity contribution in [2.24, 2.45) is 0 Å². The van der Waals surface area contributed by atoms with Gasteiger partial charge in [-0.25, -0.2) is 12.8 Å². The van der Waals surface area contributed by atoms with Gasteiger partial charge in [0.05, 0.1) is 9.92 Å². The molecule has 1 aliphatic heterocycles. The summed E-state index contributed by atoms with van der Waals surface area (Å²) in [6, 6.07) is 7.91. The van der Waals surface area contributed by atoms with Gasteiger partial charge in [-0.05, 0) is 42.3 Å². The number of fused-ring (bicyclic) bond motifs is 1. The van der Waals surface area contributed by atoms with E-state index in [1.807, 2.05) is 0 Å². The van der Waals surface area contributed by atoms with E-state index in [1.165, 1.54) is 6.07 Å². The Morgan fingerprint density at radius 2 is 1.96 bits per heavy atom. The second kappa shape index (κ2) is 5.82. The molecular weight excluding hydrogens is 343 g/mol. The molecule has 1 heterocycles. The zero-order valence-corrected chi connectivity index (χ0v) is 13.3. The number of rotatable bonds is 3. The lowest BCUT2D eigenvalue weighted by atomic mass is 10.00. The number of anilines is 1. The number of sulfonamides is 1. The molecule has 0 saturated carbocycles. The number of amides is 1. The lowest BCUT2D eigenvalue weighted by Gasteiger charge is -2.17. The number of nitrogens with one attached hydrogen (secondary N) is 2. The monoisotopic (exact) mass is 354 g/mol. The van der Waals surface area contributed by atoms with E-state index in [9.17, 15) is 17.6 Å². The third kappa shape index (κ3) is 3.16. The number of hydrogen-bond acceptors (Lipinski definition) is 3. The van der Waals surface area contributed by atoms with Crippen molar-refractivity contribution in [2.45, 2.75) is 11.3 Å². The van der Waals surface area contributed by atoms with Gasteiger partial charge in [0.1, 0.15) is 5.82 Å². The van der Waals surface area contributed by atoms with Crippen molar-refractivity contribution in [3.8, 4) is 0 Å². The third-order valence-corrected chi connectivity index (χ3v) is 5.16. The number of halogens is 2. The van der Waals surface area contributed by atoms with Crippen LogP contribution in [0.5, 0.6) is 0 Å². The summed E-state index contributed by atoms with van der Waals surface area (Å²) in [6.45, 7) is 0.561. The van der Waals surface area contributed by atoms with Gasteiger partial charge in [-0.2, -0.15) is 0 Å². The Labute approximate surface area is 137 Å². The van der Waals surface area contributed by atoms with Gasteiger partial charge in [-0.15, -0.1) is 0 Å². The Morgan fingerprint density at radius 1 is 1.17 bits per heavy atom. The Hall–Kier alpha value is -2.12. The fraction of sp³-hybridized carbons (Fsp3) is 0.133. The first-order chi connectivity index (χ1) is 10.9. The fourth-order valence-electron chi connectivity index (χ4n) is 2.33. The minimum absolute atomic E-state index is 0.161. The Morgan fingerprint density at radius 3 is 2.70 bits per heavy atom. The van der Waals surface area contributed by atoms with E-state index in [1.54, 1.807) is 12.1 Å². The molecule has 1 aliphatic rings. The highest BCUT2D eigenvalue weighted by Crippen LogP contribution is 2.24. The van der Waals surface area contributed by atoms with Crippen LogP contribution in [0.1, 0.15) is 15.9 Å². The van der Waals surface area contributed by atoms with E-state index in [4.69, 9.17) is 11.6 Å². The molecule has 0 atom stereocenters. The number of hydrogen-bond donors (Lipinski definition) is 2. The van der Waals surface area contributed by atoms with E-state index in [0.29, 0.717) is 18.5 Å². The third-order valence-electron chi connectivity index (χ3n) is 3.49. The first-order valence-corrected chi connectivity index (χ1v) is 8.62. The first-order valence-electron chi connectivity index (χ1n) is 6.76. The quantitative estimate of drug-likeness (QED) is 0.889. The van der Waals surface area contributed by atoms with Gasteiger partial charge < -0.3 is 5.32 Å². The summed E-state index contributed by atoms with van der Waals surface area (Å²) in [5, 5.41) is 2.42. The van der Waals surface area contributed by atoms with E-state index in [0.717, 1.165) is 23.8 Å². The lowest BCUT2D eigenvalue weighted by molar-refractivity contribution is 0.0946. The van der Waals surface area contributed by atoms with Crippen LogP contribution in [0.2, 0.25) is 5.02 Å². The summed E-state index contributed by atoms with van der Waals surface area (Å²) in [4.78, 5) is 11.6. The molecule has 2 aromatic carbocycles. The molecule has 1 amide bonds. The van der Waals surface area contributed by atoms with Crippen LogP contribution in [-0.2, 0) is 16.4 Å². The van der Waals surface area contributed by atoms with E-state index >= 15 is 0 Å². The van der Waals surface area contributed by atoms with Gasteiger partial charge in [-0.1, -0.05) is 17.7 Å². The van der Waals surface area contributed by atoms with Crippen LogP contribution >= 0.6 is 11.6 Å². The molecular formula is C15H12ClFN2O3S. The SMILES string of the molecule is O=C1NCCc2ccc(NS(=O)(=O)c3ccc(F)c(Cl)c3)cc21. The predicted molar refractivity (Wildman–Crippen MR) is 84.7 cm³/mol. The largest absolute Gasteiger partial charge is 0.352 e. The molecule has 0 unspecified atom stereocenters. The molecule has 23 heavy (non-hydrogen) atoms. The van der Waals surface area contributed by atoms with Gasteiger partial charge in [-0.3, -0.25) is 9.52 Å². The molecule has 0 aliphatic carbocycles. The molecule has 0 bridgehead atoms. The maximum Gasteiger partial charge on any atom is 0.261 e. The maximum atomic E-state index is 13.2. The Bertz CT molecular complexity index is 900. The Kier molecular flexibility index (Phi) is 3.99. The predicted octanol–water partition coefficient (Wildman–Crippen LogP) is 2.57. The van der Waals surface area contributed by atoms with Gasteiger partial charge in [0.15, 0.2) is 0 Å². The molecule has 5 nitrogen and oxygen atoms in total. The van der Waals surface area contributed by atoms with Crippen molar-refractivity contribution in [3.05, 3.63) is 58.4 Å². The van der Waals surface area contributed by atoms with Gasteiger partial charge in [0, 0.05) is 17.8 Å². The van der Waals surface area contributed by atoms with Crippen LogP contribution < -0.4 is 10.0 Å². The second-order valence-electron chi connectivity index (χ2n) is 5.06. The maximum absolute atomic E-state index is 13.2. The van der Waals surface area contributed by atoms with Crippen molar-refractivity contribution in [2.75, 3.05) is 11.3 Å². The minimum atomic E-state index is -3.93. The highest BCUT2D eigenvalue weighted by atomic mass is 35.5. The highest BCUT2D eigenvalue weighted by Gasteiger charge is 2.20. The van der Waals surface area contributed by atoms with Crippen molar-refractivity contribution in [1.29, 1.82) is 0 Å². The van der Waals surface area contributed by atoms with Crippen molar-refractivity contribution in [1.82, 2.24) is 5.32 Å². The lowest BCUT2D eigenvalue weighted by Crippen LogP contribution is -2.31. The minimum Gasteiger partial charge on any atom is -0.352 e. The molecule has 0 fully saturated rings. The van der Waals surface area contributed by atoms with Crippen LogP contribution in [0.15, 0.2) is 41.3 Å². The Balaban J connectivity index is 1.93. The summed E-state index contributed by atoms with van der Waals surface area (Å²) in [7, 11) is -3.93. The molecule has 120 valence electrons. The summed E-state index contributed by atoms with van der Waals surface area (Å²) in [6.07, 6.45) is 0.696. The van der Waals surface area contributed by atoms with Crippen LogP contribution in [0, 0.1) is 5.82 Å².